The van der Waals surface area contributed by atoms with Crippen molar-refractivity contribution in [1.29, 1.82) is 0 Å². The van der Waals surface area contributed by atoms with E-state index in [9.17, 15) is 5.11 Å². The van der Waals surface area contributed by atoms with Gasteiger partial charge in [-0.05, 0) is 37.4 Å². The fourth-order valence-corrected chi connectivity index (χ4v) is 4.11. The molecule has 2 fully saturated rings. The summed E-state index contributed by atoms with van der Waals surface area (Å²) in [5.74, 6) is 3.08. The summed E-state index contributed by atoms with van der Waals surface area (Å²) in [7, 11) is 0. The second kappa shape index (κ2) is 5.61. The molecule has 0 aromatic carbocycles. The first kappa shape index (κ1) is 12.5. The average Bonchev–Trinajstić information content (AvgIpc) is 3.02. The normalized spacial score (nSPS) is 32.8. The quantitative estimate of drug-likeness (QED) is 0.913. The summed E-state index contributed by atoms with van der Waals surface area (Å²) in [5, 5.41) is 14.5. The van der Waals surface area contributed by atoms with Crippen LogP contribution in [0.15, 0.2) is 4.52 Å². The molecule has 0 radical (unpaired) electrons. The Morgan fingerprint density at radius 2 is 2.11 bits per heavy atom. The highest BCUT2D eigenvalue weighted by Gasteiger charge is 2.27. The van der Waals surface area contributed by atoms with E-state index in [0.717, 1.165) is 37.9 Å². The molecule has 18 heavy (non-hydrogen) atoms. The topological polar surface area (TPSA) is 59.2 Å². The fraction of sp³-hybridized carbons (Fsp3) is 0.846. The van der Waals surface area contributed by atoms with Crippen LogP contribution in [-0.4, -0.2) is 27.1 Å². The Hall–Kier alpha value is -0.550. The van der Waals surface area contributed by atoms with Crippen molar-refractivity contribution < 1.29 is 9.63 Å². The summed E-state index contributed by atoms with van der Waals surface area (Å²) in [6.07, 6.45) is 7.32. The molecule has 2 aliphatic rings. The maximum Gasteiger partial charge on any atom is 0.227 e. The zero-order chi connectivity index (χ0) is 12.4. The van der Waals surface area contributed by atoms with Gasteiger partial charge < -0.3 is 9.63 Å². The molecule has 1 saturated heterocycles. The smallest absolute Gasteiger partial charge is 0.227 e. The van der Waals surface area contributed by atoms with Crippen LogP contribution < -0.4 is 0 Å². The van der Waals surface area contributed by atoms with E-state index in [1.54, 1.807) is 0 Å². The van der Waals surface area contributed by atoms with Crippen LogP contribution in [0.4, 0.5) is 0 Å². The first-order valence-electron chi connectivity index (χ1n) is 6.95. The monoisotopic (exact) mass is 268 g/mol. The zero-order valence-corrected chi connectivity index (χ0v) is 11.4. The van der Waals surface area contributed by atoms with Crippen molar-refractivity contribution in [1.82, 2.24) is 10.1 Å². The largest absolute Gasteiger partial charge is 0.393 e. The minimum atomic E-state index is -0.185. The number of aliphatic hydroxyl groups is 1. The molecule has 3 atom stereocenters. The summed E-state index contributed by atoms with van der Waals surface area (Å²) in [6, 6.07) is 0. The molecule has 1 N–H and O–H groups in total. The SMILES string of the molecule is OC1CCCCC1Cc1nc(C2CCCS2)no1. The Morgan fingerprint density at radius 3 is 2.89 bits per heavy atom. The lowest BCUT2D eigenvalue weighted by Gasteiger charge is -2.26. The van der Waals surface area contributed by atoms with Crippen LogP contribution >= 0.6 is 11.8 Å². The van der Waals surface area contributed by atoms with Crippen LogP contribution in [0.1, 0.15) is 55.5 Å². The predicted molar refractivity (Wildman–Crippen MR) is 70.4 cm³/mol. The van der Waals surface area contributed by atoms with Crippen molar-refractivity contribution in [2.45, 2.75) is 56.3 Å². The van der Waals surface area contributed by atoms with Crippen LogP contribution in [0.5, 0.6) is 0 Å². The van der Waals surface area contributed by atoms with Crippen molar-refractivity contribution in [2.24, 2.45) is 5.92 Å². The Labute approximate surface area is 112 Å². The van der Waals surface area contributed by atoms with Crippen LogP contribution in [0, 0.1) is 5.92 Å². The number of hydrogen-bond acceptors (Lipinski definition) is 5. The minimum absolute atomic E-state index is 0.185. The van der Waals surface area contributed by atoms with Gasteiger partial charge in [0.25, 0.3) is 0 Å². The van der Waals surface area contributed by atoms with Gasteiger partial charge in [0, 0.05) is 6.42 Å². The number of rotatable bonds is 3. The van der Waals surface area contributed by atoms with Gasteiger partial charge in [0.2, 0.25) is 5.89 Å². The minimum Gasteiger partial charge on any atom is -0.393 e. The Morgan fingerprint density at radius 1 is 1.22 bits per heavy atom. The van der Waals surface area contributed by atoms with E-state index in [4.69, 9.17) is 4.52 Å². The standard InChI is InChI=1S/C13H20N2O2S/c16-10-5-2-1-4-9(10)8-12-14-13(15-17-12)11-6-3-7-18-11/h9-11,16H,1-8H2. The van der Waals surface area contributed by atoms with Crippen molar-refractivity contribution in [3.63, 3.8) is 0 Å². The summed E-state index contributed by atoms with van der Waals surface area (Å²) in [6.45, 7) is 0. The highest BCUT2D eigenvalue weighted by atomic mass is 32.2. The molecule has 3 rings (SSSR count). The number of hydrogen-bond donors (Lipinski definition) is 1. The van der Waals surface area contributed by atoms with Gasteiger partial charge in [0.15, 0.2) is 5.82 Å². The summed E-state index contributed by atoms with van der Waals surface area (Å²) in [5.41, 5.74) is 0. The molecule has 1 aromatic heterocycles. The lowest BCUT2D eigenvalue weighted by Crippen LogP contribution is -2.26. The Kier molecular flexibility index (Phi) is 3.89. The third kappa shape index (κ3) is 2.72. The first-order chi connectivity index (χ1) is 8.83. The van der Waals surface area contributed by atoms with Gasteiger partial charge in [-0.3, -0.25) is 0 Å². The van der Waals surface area contributed by atoms with Gasteiger partial charge in [0.05, 0.1) is 11.4 Å². The third-order valence-electron chi connectivity index (χ3n) is 4.01. The molecule has 2 heterocycles. The average molecular weight is 268 g/mol. The molecule has 4 nitrogen and oxygen atoms in total. The number of thioether (sulfide) groups is 1. The van der Waals surface area contributed by atoms with E-state index in [0.29, 0.717) is 17.1 Å². The van der Waals surface area contributed by atoms with E-state index in [2.05, 4.69) is 10.1 Å². The van der Waals surface area contributed by atoms with Gasteiger partial charge in [-0.25, -0.2) is 0 Å². The molecule has 1 aliphatic heterocycles. The molecule has 1 saturated carbocycles. The summed E-state index contributed by atoms with van der Waals surface area (Å²) in [4.78, 5) is 4.51. The van der Waals surface area contributed by atoms with Gasteiger partial charge >= 0.3 is 0 Å². The maximum absolute atomic E-state index is 9.95. The molecule has 3 unspecified atom stereocenters. The molecule has 0 amide bonds. The van der Waals surface area contributed by atoms with Crippen LogP contribution in [0.2, 0.25) is 0 Å². The Balaban J connectivity index is 1.62. The zero-order valence-electron chi connectivity index (χ0n) is 10.5. The van der Waals surface area contributed by atoms with Crippen molar-refractivity contribution in [3.8, 4) is 0 Å². The fourth-order valence-electron chi connectivity index (χ4n) is 2.91. The molecule has 1 aliphatic carbocycles. The van der Waals surface area contributed by atoms with E-state index < -0.39 is 0 Å². The number of nitrogens with zero attached hydrogens (tertiary/aromatic N) is 2. The van der Waals surface area contributed by atoms with Gasteiger partial charge in [-0.2, -0.15) is 16.7 Å². The van der Waals surface area contributed by atoms with Gasteiger partial charge in [-0.15, -0.1) is 0 Å². The molecule has 1 aromatic rings. The van der Waals surface area contributed by atoms with Gasteiger partial charge in [-0.1, -0.05) is 18.0 Å². The second-order valence-corrected chi connectivity index (χ2v) is 6.67. The van der Waals surface area contributed by atoms with Crippen LogP contribution in [0.25, 0.3) is 0 Å². The molecule has 100 valence electrons. The number of aliphatic hydroxyl groups excluding tert-OH is 1. The molecule has 0 bridgehead atoms. The first-order valence-corrected chi connectivity index (χ1v) is 8.00. The Bertz CT molecular complexity index is 390. The van der Waals surface area contributed by atoms with E-state index in [1.165, 1.54) is 18.6 Å². The van der Waals surface area contributed by atoms with E-state index >= 15 is 0 Å². The molecule has 5 heteroatoms. The second-order valence-electron chi connectivity index (χ2n) is 5.36. The third-order valence-corrected chi connectivity index (χ3v) is 5.38. The van der Waals surface area contributed by atoms with Crippen molar-refractivity contribution in [2.75, 3.05) is 5.75 Å². The van der Waals surface area contributed by atoms with Crippen LogP contribution in [-0.2, 0) is 6.42 Å². The summed E-state index contributed by atoms with van der Waals surface area (Å²) < 4.78 is 5.34. The highest BCUT2D eigenvalue weighted by molar-refractivity contribution is 7.99. The van der Waals surface area contributed by atoms with Crippen molar-refractivity contribution in [3.05, 3.63) is 11.7 Å². The lowest BCUT2D eigenvalue weighted by atomic mass is 9.84. The van der Waals surface area contributed by atoms with E-state index in [-0.39, 0.29) is 6.10 Å². The predicted octanol–water partition coefficient (Wildman–Crippen LogP) is 2.73. The number of aromatic nitrogens is 2. The molecular weight excluding hydrogens is 248 g/mol. The van der Waals surface area contributed by atoms with E-state index in [1.807, 2.05) is 11.8 Å². The van der Waals surface area contributed by atoms with Gasteiger partial charge in [0.1, 0.15) is 0 Å². The van der Waals surface area contributed by atoms with Crippen molar-refractivity contribution >= 4 is 11.8 Å². The maximum atomic E-state index is 9.95. The lowest BCUT2D eigenvalue weighted by molar-refractivity contribution is 0.0657. The molecular formula is C13H20N2O2S. The highest BCUT2D eigenvalue weighted by Crippen LogP contribution is 2.38. The summed E-state index contributed by atoms with van der Waals surface area (Å²) >= 11 is 1.92. The molecule has 0 spiro atoms. The van der Waals surface area contributed by atoms with Crippen LogP contribution in [0.3, 0.4) is 0 Å².